The van der Waals surface area contributed by atoms with Gasteiger partial charge in [-0.15, -0.1) is 11.8 Å². The second-order valence-electron chi connectivity index (χ2n) is 4.66. The zero-order valence-electron chi connectivity index (χ0n) is 11.1. The van der Waals surface area contributed by atoms with Crippen molar-refractivity contribution in [3.63, 3.8) is 0 Å². The first kappa shape index (κ1) is 15.4. The topological polar surface area (TPSA) is 55.4 Å². The van der Waals surface area contributed by atoms with Gasteiger partial charge in [-0.25, -0.2) is 0 Å². The van der Waals surface area contributed by atoms with Gasteiger partial charge in [-0.3, -0.25) is 9.59 Å². The quantitative estimate of drug-likeness (QED) is 0.628. The summed E-state index contributed by atoms with van der Waals surface area (Å²) in [5.41, 5.74) is 0. The Labute approximate surface area is 130 Å². The largest absolute Gasteiger partial charge is 0.452 e. The molecule has 20 heavy (non-hydrogen) atoms. The number of benzene rings is 1. The van der Waals surface area contributed by atoms with E-state index in [0.717, 1.165) is 22.2 Å². The average molecular weight is 358 g/mol. The molecule has 1 fully saturated rings. The highest BCUT2D eigenvalue weighted by Crippen LogP contribution is 2.21. The maximum Gasteiger partial charge on any atom is 0.317 e. The summed E-state index contributed by atoms with van der Waals surface area (Å²) in [6, 6.07) is 7.95. The highest BCUT2D eigenvalue weighted by Gasteiger charge is 2.27. The van der Waals surface area contributed by atoms with Gasteiger partial charge in [0.2, 0.25) is 0 Å². The molecule has 0 radical (unpaired) electrons. The summed E-state index contributed by atoms with van der Waals surface area (Å²) in [5, 5.41) is 2.81. The summed E-state index contributed by atoms with van der Waals surface area (Å²) >= 11 is 4.74. The molecular formula is C14H16BrNO3S. The van der Waals surface area contributed by atoms with Crippen LogP contribution in [-0.2, 0) is 14.3 Å². The van der Waals surface area contributed by atoms with Gasteiger partial charge in [-0.2, -0.15) is 0 Å². The Bertz CT molecular complexity index is 488. The number of rotatable bonds is 6. The van der Waals surface area contributed by atoms with Crippen molar-refractivity contribution in [2.45, 2.75) is 36.8 Å². The number of hydrogen-bond donors (Lipinski definition) is 1. The van der Waals surface area contributed by atoms with Crippen molar-refractivity contribution in [1.29, 1.82) is 0 Å². The lowest BCUT2D eigenvalue weighted by molar-refractivity contribution is -0.152. The molecule has 4 nitrogen and oxygen atoms in total. The third kappa shape index (κ3) is 5.17. The van der Waals surface area contributed by atoms with Gasteiger partial charge in [0.05, 0.1) is 5.75 Å². The van der Waals surface area contributed by atoms with Crippen molar-refractivity contribution >= 4 is 39.6 Å². The summed E-state index contributed by atoms with van der Waals surface area (Å²) in [4.78, 5) is 24.3. The van der Waals surface area contributed by atoms with Crippen LogP contribution in [0.5, 0.6) is 0 Å². The SMILES string of the molecule is C[C@H](OC(=O)CSc1ccc(Br)cc1)C(=O)NC1CC1. The number of nitrogens with one attached hydrogen (secondary N) is 1. The molecule has 1 N–H and O–H groups in total. The van der Waals surface area contributed by atoms with Crippen LogP contribution >= 0.6 is 27.7 Å². The number of carbonyl (C=O) groups excluding carboxylic acids is 2. The van der Waals surface area contributed by atoms with E-state index in [4.69, 9.17) is 4.74 Å². The first-order chi connectivity index (χ1) is 9.54. The molecule has 1 aromatic carbocycles. The Balaban J connectivity index is 1.71. The van der Waals surface area contributed by atoms with Crippen molar-refractivity contribution in [3.8, 4) is 0 Å². The van der Waals surface area contributed by atoms with E-state index in [1.165, 1.54) is 11.8 Å². The molecule has 0 unspecified atom stereocenters. The van der Waals surface area contributed by atoms with E-state index in [-0.39, 0.29) is 23.7 Å². The Hall–Kier alpha value is -1.01. The van der Waals surface area contributed by atoms with Crippen LogP contribution in [0.3, 0.4) is 0 Å². The Morgan fingerprint density at radius 1 is 1.40 bits per heavy atom. The Morgan fingerprint density at radius 2 is 2.05 bits per heavy atom. The number of esters is 1. The molecule has 6 heteroatoms. The summed E-state index contributed by atoms with van der Waals surface area (Å²) in [5.74, 6) is -0.395. The maximum absolute atomic E-state index is 11.7. The van der Waals surface area contributed by atoms with E-state index >= 15 is 0 Å². The van der Waals surface area contributed by atoms with E-state index in [1.807, 2.05) is 24.3 Å². The lowest BCUT2D eigenvalue weighted by atomic mass is 10.3. The molecule has 1 amide bonds. The number of ether oxygens (including phenoxy) is 1. The highest BCUT2D eigenvalue weighted by molar-refractivity contribution is 9.10. The van der Waals surface area contributed by atoms with Gasteiger partial charge in [0, 0.05) is 15.4 Å². The minimum Gasteiger partial charge on any atom is -0.452 e. The minimum absolute atomic E-state index is 0.197. The van der Waals surface area contributed by atoms with Gasteiger partial charge in [0.15, 0.2) is 6.10 Å². The van der Waals surface area contributed by atoms with Crippen LogP contribution in [-0.4, -0.2) is 29.8 Å². The molecule has 0 aromatic heterocycles. The van der Waals surface area contributed by atoms with Crippen LogP contribution in [0.25, 0.3) is 0 Å². The molecule has 0 aliphatic heterocycles. The fourth-order valence-electron chi connectivity index (χ4n) is 1.50. The fourth-order valence-corrected chi connectivity index (χ4v) is 2.45. The Kier molecular flexibility index (Phi) is 5.48. The van der Waals surface area contributed by atoms with Crippen LogP contribution in [0.1, 0.15) is 19.8 Å². The second-order valence-corrected chi connectivity index (χ2v) is 6.62. The molecule has 0 heterocycles. The molecule has 108 valence electrons. The molecule has 2 rings (SSSR count). The normalized spacial score (nSPS) is 15.5. The van der Waals surface area contributed by atoms with Gasteiger partial charge >= 0.3 is 5.97 Å². The van der Waals surface area contributed by atoms with Crippen LogP contribution < -0.4 is 5.32 Å². The molecular weight excluding hydrogens is 342 g/mol. The van der Waals surface area contributed by atoms with Gasteiger partial charge in [0.1, 0.15) is 0 Å². The highest BCUT2D eigenvalue weighted by atomic mass is 79.9. The summed E-state index contributed by atoms with van der Waals surface area (Å²) in [7, 11) is 0. The Morgan fingerprint density at radius 3 is 2.65 bits per heavy atom. The van der Waals surface area contributed by atoms with Crippen molar-refractivity contribution in [1.82, 2.24) is 5.32 Å². The lowest BCUT2D eigenvalue weighted by Gasteiger charge is -2.12. The van der Waals surface area contributed by atoms with E-state index in [9.17, 15) is 9.59 Å². The number of thioether (sulfide) groups is 1. The molecule has 1 atom stereocenters. The first-order valence-electron chi connectivity index (χ1n) is 6.43. The average Bonchev–Trinajstić information content (AvgIpc) is 3.22. The van der Waals surface area contributed by atoms with Gasteiger partial charge in [-0.1, -0.05) is 15.9 Å². The van der Waals surface area contributed by atoms with Gasteiger partial charge in [0.25, 0.3) is 5.91 Å². The summed E-state index contributed by atoms with van der Waals surface area (Å²) in [6.07, 6.45) is 1.31. The third-order valence-electron chi connectivity index (χ3n) is 2.77. The van der Waals surface area contributed by atoms with E-state index < -0.39 is 6.10 Å². The zero-order chi connectivity index (χ0) is 14.5. The molecule has 1 aliphatic carbocycles. The van der Waals surface area contributed by atoms with E-state index in [2.05, 4.69) is 21.2 Å². The third-order valence-corrected chi connectivity index (χ3v) is 4.29. The van der Waals surface area contributed by atoms with Crippen LogP contribution in [0.2, 0.25) is 0 Å². The summed E-state index contributed by atoms with van der Waals surface area (Å²) in [6.45, 7) is 1.60. The van der Waals surface area contributed by atoms with Gasteiger partial charge in [-0.05, 0) is 44.0 Å². The standard InChI is InChI=1S/C14H16BrNO3S/c1-9(14(18)16-11-4-5-11)19-13(17)8-20-12-6-2-10(15)3-7-12/h2-3,6-7,9,11H,4-5,8H2,1H3,(H,16,18)/t9-/m0/s1. The fraction of sp³-hybridized carbons (Fsp3) is 0.429. The molecule has 1 saturated carbocycles. The number of hydrogen-bond acceptors (Lipinski definition) is 4. The predicted octanol–water partition coefficient (Wildman–Crippen LogP) is 2.75. The van der Waals surface area contributed by atoms with Gasteiger partial charge < -0.3 is 10.1 Å². The predicted molar refractivity (Wildman–Crippen MR) is 81.6 cm³/mol. The lowest BCUT2D eigenvalue weighted by Crippen LogP contribution is -2.37. The van der Waals surface area contributed by atoms with Crippen LogP contribution in [0.4, 0.5) is 0 Å². The molecule has 1 aromatic rings. The summed E-state index contributed by atoms with van der Waals surface area (Å²) < 4.78 is 6.10. The van der Waals surface area contributed by atoms with Crippen molar-refractivity contribution in [2.24, 2.45) is 0 Å². The number of carbonyl (C=O) groups is 2. The minimum atomic E-state index is -0.728. The molecule has 0 spiro atoms. The smallest absolute Gasteiger partial charge is 0.317 e. The molecule has 0 saturated heterocycles. The van der Waals surface area contributed by atoms with Crippen molar-refractivity contribution in [2.75, 3.05) is 5.75 Å². The van der Waals surface area contributed by atoms with Crippen molar-refractivity contribution < 1.29 is 14.3 Å². The van der Waals surface area contributed by atoms with Crippen LogP contribution in [0, 0.1) is 0 Å². The van der Waals surface area contributed by atoms with Crippen LogP contribution in [0.15, 0.2) is 33.6 Å². The molecule has 0 bridgehead atoms. The second kappa shape index (κ2) is 7.13. The zero-order valence-corrected chi connectivity index (χ0v) is 13.5. The number of halogens is 1. The van der Waals surface area contributed by atoms with Crippen molar-refractivity contribution in [3.05, 3.63) is 28.7 Å². The monoisotopic (exact) mass is 357 g/mol. The first-order valence-corrected chi connectivity index (χ1v) is 8.20. The molecule has 1 aliphatic rings. The number of amides is 1. The maximum atomic E-state index is 11.7. The van der Waals surface area contributed by atoms with E-state index in [0.29, 0.717) is 0 Å². The van der Waals surface area contributed by atoms with E-state index in [1.54, 1.807) is 6.92 Å².